The first-order valence-corrected chi connectivity index (χ1v) is 12.3. The third kappa shape index (κ3) is 9.74. The van der Waals surface area contributed by atoms with Crippen molar-refractivity contribution in [2.45, 2.75) is 6.92 Å². The Bertz CT molecular complexity index is 893. The Labute approximate surface area is 258 Å². The van der Waals surface area contributed by atoms with Crippen molar-refractivity contribution in [1.29, 1.82) is 0 Å². The molecular weight excluding hydrogens is 568 g/mol. The average molecular weight is 596 g/mol. The molecule has 0 N–H and O–H groups in total. The first-order chi connectivity index (χ1) is 18.2. The van der Waals surface area contributed by atoms with Crippen LogP contribution in [0.5, 0.6) is 0 Å². The van der Waals surface area contributed by atoms with Gasteiger partial charge in [0.1, 0.15) is 5.57 Å². The maximum atomic E-state index is 13.2. The molecule has 0 amide bonds. The second-order valence-electron chi connectivity index (χ2n) is 8.19. The van der Waals surface area contributed by atoms with E-state index in [1.165, 1.54) is 0 Å². The Hall–Kier alpha value is -1.12. The van der Waals surface area contributed by atoms with Crippen LogP contribution in [0.3, 0.4) is 0 Å². The molecule has 5 aliphatic rings. The van der Waals surface area contributed by atoms with E-state index in [-0.39, 0.29) is 52.1 Å². The minimum atomic E-state index is -0.577. The summed E-state index contributed by atoms with van der Waals surface area (Å²) in [6.45, 7) is 1.96. The van der Waals surface area contributed by atoms with Crippen molar-refractivity contribution in [3.8, 4) is 0 Å². The molecular formula is C34H28Fe2O3+4. The van der Waals surface area contributed by atoms with Gasteiger partial charge in [0.05, 0.1) is 6.61 Å². The average Bonchev–Trinajstić information content (AvgIpc) is 3.67. The topological polar surface area (TPSA) is 43.4 Å². The van der Waals surface area contributed by atoms with Crippen molar-refractivity contribution in [2.24, 2.45) is 0 Å². The van der Waals surface area contributed by atoms with Crippen LogP contribution in [0.2, 0.25) is 0 Å². The fraction of sp³-hybridized carbons (Fsp3) is 0.0588. The maximum absolute atomic E-state index is 13.2. The summed E-state index contributed by atoms with van der Waals surface area (Å²) >= 11 is 0. The van der Waals surface area contributed by atoms with Gasteiger partial charge in [0.25, 0.3) is 0 Å². The first-order valence-electron chi connectivity index (χ1n) is 12.3. The van der Waals surface area contributed by atoms with Gasteiger partial charge in [-0.25, -0.2) is 4.79 Å². The number of Topliss-reactive ketones (excluding diaryl/α,β-unsaturated/α-hetero) is 1. The number of rotatable bonds is 6. The van der Waals surface area contributed by atoms with Crippen molar-refractivity contribution < 1.29 is 48.5 Å². The van der Waals surface area contributed by atoms with Gasteiger partial charge in [0.2, 0.25) is 5.78 Å². The minimum absolute atomic E-state index is 0. The quantitative estimate of drug-likeness (QED) is 0.103. The minimum Gasteiger partial charge on any atom is -0.462 e. The van der Waals surface area contributed by atoms with E-state index in [2.05, 4.69) is 0 Å². The summed E-state index contributed by atoms with van der Waals surface area (Å²) in [5.41, 5.74) is 3.16. The summed E-state index contributed by atoms with van der Waals surface area (Å²) in [6.07, 6.45) is 35.7. The van der Waals surface area contributed by atoms with Gasteiger partial charge < -0.3 is 4.74 Å². The molecule has 194 valence electrons. The van der Waals surface area contributed by atoms with Crippen molar-refractivity contribution >= 4 is 11.8 Å². The van der Waals surface area contributed by atoms with E-state index >= 15 is 0 Å². The number of allylic oxidation sites excluding steroid dienone is 3. The number of benzene rings is 1. The smallest absolute Gasteiger partial charge is 0.462 e. The molecule has 0 aliphatic heterocycles. The summed E-state index contributed by atoms with van der Waals surface area (Å²) in [5.74, 6) is 1.12. The van der Waals surface area contributed by atoms with Crippen LogP contribution in [-0.2, 0) is 43.7 Å². The molecule has 0 heterocycles. The molecule has 1 aromatic rings. The normalized spacial score (nSPS) is 20.2. The molecule has 39 heavy (non-hydrogen) atoms. The molecule has 6 rings (SSSR count). The Morgan fingerprint density at radius 2 is 0.974 bits per heavy atom. The Kier molecular flexibility index (Phi) is 16.0. The van der Waals surface area contributed by atoms with Crippen molar-refractivity contribution in [1.82, 2.24) is 0 Å². The molecule has 20 radical (unpaired) electrons. The third-order valence-electron chi connectivity index (χ3n) is 5.69. The number of carbonyl (C=O) groups excluding carboxylic acids is 2. The van der Waals surface area contributed by atoms with Crippen LogP contribution >= 0.6 is 0 Å². The van der Waals surface area contributed by atoms with Gasteiger partial charge >= 0.3 is 40.1 Å². The van der Waals surface area contributed by atoms with Crippen LogP contribution in [0, 0.1) is 127 Å². The molecule has 1 aromatic carbocycles. The van der Waals surface area contributed by atoms with Crippen LogP contribution in [-0.4, -0.2) is 18.4 Å². The zero-order chi connectivity index (χ0) is 25.9. The van der Waals surface area contributed by atoms with Gasteiger partial charge in [-0.05, 0) is 134 Å². The summed E-state index contributed by atoms with van der Waals surface area (Å²) < 4.78 is 5.24. The molecule has 0 unspecified atom stereocenters. The van der Waals surface area contributed by atoms with E-state index in [9.17, 15) is 9.59 Å². The molecule has 0 spiro atoms. The van der Waals surface area contributed by atoms with Gasteiger partial charge in [0.15, 0.2) is 0 Å². The van der Waals surface area contributed by atoms with E-state index in [0.717, 1.165) is 23.0 Å². The zero-order valence-corrected chi connectivity index (χ0v) is 23.6. The van der Waals surface area contributed by atoms with Gasteiger partial charge in [-0.2, -0.15) is 0 Å². The second-order valence-corrected chi connectivity index (χ2v) is 8.19. The fourth-order valence-corrected chi connectivity index (χ4v) is 3.98. The molecule has 4 saturated carbocycles. The van der Waals surface area contributed by atoms with E-state index in [1.807, 2.05) is 122 Å². The summed E-state index contributed by atoms with van der Waals surface area (Å²) in [5, 5.41) is 0. The van der Waals surface area contributed by atoms with E-state index in [1.54, 1.807) is 31.2 Å². The van der Waals surface area contributed by atoms with E-state index in [0.29, 0.717) is 11.1 Å². The molecule has 4 fully saturated rings. The maximum Gasteiger partial charge on any atom is 2.00 e. The van der Waals surface area contributed by atoms with Gasteiger partial charge in [-0.15, -0.1) is 0 Å². The van der Waals surface area contributed by atoms with Gasteiger partial charge in [-0.3, -0.25) is 4.79 Å². The van der Waals surface area contributed by atoms with Crippen LogP contribution in [0.25, 0.3) is 0 Å². The largest absolute Gasteiger partial charge is 2.00 e. The molecule has 0 aromatic heterocycles. The molecule has 3 nitrogen and oxygen atoms in total. The van der Waals surface area contributed by atoms with E-state index in [4.69, 9.17) is 4.74 Å². The number of ether oxygens (including phenoxy) is 1. The molecule has 0 saturated heterocycles. The Morgan fingerprint density at radius 1 is 0.590 bits per heavy atom. The predicted octanol–water partition coefficient (Wildman–Crippen LogP) is 5.89. The van der Waals surface area contributed by atoms with Crippen LogP contribution < -0.4 is 0 Å². The number of carbonyl (C=O) groups is 2. The zero-order valence-electron chi connectivity index (χ0n) is 21.4. The fourth-order valence-electron chi connectivity index (χ4n) is 3.98. The van der Waals surface area contributed by atoms with Crippen molar-refractivity contribution in [2.75, 3.05) is 6.61 Å². The molecule has 5 aliphatic carbocycles. The van der Waals surface area contributed by atoms with Crippen LogP contribution in [0.15, 0.2) is 52.6 Å². The van der Waals surface area contributed by atoms with Gasteiger partial charge in [-0.1, -0.05) is 30.3 Å². The monoisotopic (exact) mass is 596 g/mol. The Balaban J connectivity index is 0.000000373. The van der Waals surface area contributed by atoms with Gasteiger partial charge in [0, 0.05) is 23.0 Å². The Morgan fingerprint density at radius 3 is 1.33 bits per heavy atom. The number of hydrogen-bond donors (Lipinski definition) is 0. The van der Waals surface area contributed by atoms with Crippen LogP contribution in [0.1, 0.15) is 17.3 Å². The standard InChI is InChI=1S/C24H18O3.2C5H5.2Fe/c1-2-27-24(26)22(23(25)18-14-4-3-5-15-18)21-19(16-10-6-7-11-16)20(21)17-12-8-9-13-17;2*1-2-4-5-3-1;;/h3-15H,2H2,1H3;2*1-5H;;/q;;;2*+2. The van der Waals surface area contributed by atoms with Crippen LogP contribution in [0.4, 0.5) is 0 Å². The first kappa shape index (κ1) is 34.1. The summed E-state index contributed by atoms with van der Waals surface area (Å²) in [4.78, 5) is 25.9. The second kappa shape index (κ2) is 18.3. The van der Waals surface area contributed by atoms with E-state index < -0.39 is 5.97 Å². The molecule has 0 atom stereocenters. The molecule has 0 bridgehead atoms. The SMILES string of the molecule is CCOC(=O)C(C(=O)c1ccccc1)=C1C([C]2[CH][CH][CH][CH]2)=C1[C]1[CH][CH][CH][CH]1.[CH]1[CH][CH][CH][CH]1.[CH]1[CH][CH][CH][CH]1.[Fe+2].[Fe+2]. The molecule has 5 heteroatoms. The van der Waals surface area contributed by atoms with Crippen molar-refractivity contribution in [3.05, 3.63) is 186 Å². The summed E-state index contributed by atoms with van der Waals surface area (Å²) in [7, 11) is 0. The number of hydrogen-bond acceptors (Lipinski definition) is 3. The number of ketones is 1. The predicted molar refractivity (Wildman–Crippen MR) is 145 cm³/mol. The summed E-state index contributed by atoms with van der Waals surface area (Å²) in [6, 6.07) is 8.85. The number of esters is 1. The third-order valence-corrected chi connectivity index (χ3v) is 5.69. The van der Waals surface area contributed by atoms with Crippen molar-refractivity contribution in [3.63, 3.8) is 0 Å².